The van der Waals surface area contributed by atoms with Gasteiger partial charge in [-0.1, -0.05) is 18.2 Å². The number of benzene rings is 1. The molecule has 3 nitrogen and oxygen atoms in total. The Morgan fingerprint density at radius 3 is 2.73 bits per heavy atom. The van der Waals surface area contributed by atoms with Crippen molar-refractivity contribution in [1.82, 2.24) is 5.32 Å². The number of halogens is 1. The number of rotatable bonds is 6. The predicted molar refractivity (Wildman–Crippen MR) is 102 cm³/mol. The molecule has 2 aliphatic rings. The van der Waals surface area contributed by atoms with Gasteiger partial charge in [0.1, 0.15) is 5.82 Å². The Bertz CT molecular complexity index is 697. The number of ether oxygens (including phenoxy) is 2. The van der Waals surface area contributed by atoms with E-state index in [9.17, 15) is 4.39 Å². The van der Waals surface area contributed by atoms with Crippen LogP contribution in [-0.2, 0) is 21.4 Å². The third-order valence-corrected chi connectivity index (χ3v) is 6.71. The summed E-state index contributed by atoms with van der Waals surface area (Å²) in [6.07, 6.45) is 3.90. The molecule has 5 heteroatoms. The molecule has 1 N–H and O–H groups in total. The first-order valence-electron chi connectivity index (χ1n) is 9.41. The van der Waals surface area contributed by atoms with Crippen LogP contribution in [0.1, 0.15) is 36.1 Å². The maximum absolute atomic E-state index is 13.5. The Morgan fingerprint density at radius 1 is 1.12 bits per heavy atom. The van der Waals surface area contributed by atoms with E-state index < -0.39 is 0 Å². The van der Waals surface area contributed by atoms with Gasteiger partial charge in [0.25, 0.3) is 0 Å². The van der Waals surface area contributed by atoms with Crippen molar-refractivity contribution < 1.29 is 13.9 Å². The average molecular weight is 376 g/mol. The average Bonchev–Trinajstić information content (AvgIpc) is 3.32. The number of hydrogen-bond donors (Lipinski definition) is 1. The third-order valence-electron chi connectivity index (χ3n) is 5.83. The smallest absolute Gasteiger partial charge is 0.123 e. The van der Waals surface area contributed by atoms with Crippen molar-refractivity contribution in [3.05, 3.63) is 58.0 Å². The molecule has 2 aromatic rings. The van der Waals surface area contributed by atoms with Crippen LogP contribution in [0.2, 0.25) is 0 Å². The van der Waals surface area contributed by atoms with Crippen LogP contribution in [0.3, 0.4) is 0 Å². The highest BCUT2D eigenvalue weighted by atomic mass is 32.1. The largest absolute Gasteiger partial charge is 0.378 e. The molecule has 1 aromatic carbocycles. The molecule has 2 atom stereocenters. The van der Waals surface area contributed by atoms with E-state index in [2.05, 4.69) is 22.8 Å². The van der Waals surface area contributed by atoms with Crippen molar-refractivity contribution >= 4 is 11.3 Å². The molecule has 26 heavy (non-hydrogen) atoms. The lowest BCUT2D eigenvalue weighted by atomic mass is 9.66. The first-order valence-corrected chi connectivity index (χ1v) is 10.3. The highest BCUT2D eigenvalue weighted by Gasteiger charge is 2.48. The molecule has 3 heterocycles. The van der Waals surface area contributed by atoms with Crippen LogP contribution < -0.4 is 5.32 Å². The topological polar surface area (TPSA) is 30.5 Å². The zero-order valence-corrected chi connectivity index (χ0v) is 15.8. The molecule has 0 unspecified atom stereocenters. The van der Waals surface area contributed by atoms with Crippen molar-refractivity contribution in [1.29, 1.82) is 0 Å². The second kappa shape index (κ2) is 7.77. The zero-order chi connectivity index (χ0) is 17.9. The second-order valence-electron chi connectivity index (χ2n) is 7.55. The molecule has 0 radical (unpaired) electrons. The van der Waals surface area contributed by atoms with Crippen molar-refractivity contribution in [2.24, 2.45) is 0 Å². The SMILES string of the molecule is Fc1ccc([C@]2(CCNCc3cccs3)CCO[C@]3(CCOC3)C2)cc1. The van der Waals surface area contributed by atoms with Gasteiger partial charge < -0.3 is 14.8 Å². The van der Waals surface area contributed by atoms with Crippen LogP contribution in [-0.4, -0.2) is 32.0 Å². The molecule has 2 saturated heterocycles. The molecule has 0 amide bonds. The number of nitrogens with one attached hydrogen (secondary N) is 1. The summed E-state index contributed by atoms with van der Waals surface area (Å²) in [4.78, 5) is 1.36. The van der Waals surface area contributed by atoms with Gasteiger partial charge in [-0.05, 0) is 54.9 Å². The van der Waals surface area contributed by atoms with E-state index in [-0.39, 0.29) is 16.8 Å². The van der Waals surface area contributed by atoms with Gasteiger partial charge in [-0.2, -0.15) is 0 Å². The molecule has 1 aromatic heterocycles. The standard InChI is InChI=1S/C21H26FNO2S/c22-18-5-3-17(4-6-18)20(7-10-23-14-19-2-1-13-26-19)8-12-25-21(15-20)9-11-24-16-21/h1-6,13,23H,7-12,14-16H2/t20-,21-/m1/s1. The second-order valence-corrected chi connectivity index (χ2v) is 8.59. The minimum atomic E-state index is -0.175. The summed E-state index contributed by atoms with van der Waals surface area (Å²) in [7, 11) is 0. The van der Waals surface area contributed by atoms with Crippen LogP contribution >= 0.6 is 11.3 Å². The molecule has 2 fully saturated rings. The van der Waals surface area contributed by atoms with Crippen LogP contribution in [0.25, 0.3) is 0 Å². The van der Waals surface area contributed by atoms with Gasteiger partial charge in [0.2, 0.25) is 0 Å². The van der Waals surface area contributed by atoms with Crippen molar-refractivity contribution in [2.75, 3.05) is 26.4 Å². The Kier molecular flexibility index (Phi) is 5.41. The zero-order valence-electron chi connectivity index (χ0n) is 15.0. The molecule has 1 spiro atoms. The van der Waals surface area contributed by atoms with Gasteiger partial charge in [0.05, 0.1) is 12.2 Å². The van der Waals surface area contributed by atoms with E-state index in [0.29, 0.717) is 6.61 Å². The molecular formula is C21H26FNO2S. The van der Waals surface area contributed by atoms with Crippen LogP contribution in [0, 0.1) is 5.82 Å². The fraction of sp³-hybridized carbons (Fsp3) is 0.524. The quantitative estimate of drug-likeness (QED) is 0.765. The van der Waals surface area contributed by atoms with Gasteiger partial charge in [-0.15, -0.1) is 11.3 Å². The van der Waals surface area contributed by atoms with E-state index in [4.69, 9.17) is 9.47 Å². The van der Waals surface area contributed by atoms with Crippen LogP contribution in [0.15, 0.2) is 41.8 Å². The first-order chi connectivity index (χ1) is 12.7. The van der Waals surface area contributed by atoms with Crippen LogP contribution in [0.5, 0.6) is 0 Å². The van der Waals surface area contributed by atoms with Crippen molar-refractivity contribution in [2.45, 2.75) is 43.2 Å². The van der Waals surface area contributed by atoms with Gasteiger partial charge in [0.15, 0.2) is 0 Å². The maximum Gasteiger partial charge on any atom is 0.123 e. The van der Waals surface area contributed by atoms with E-state index in [1.54, 1.807) is 23.5 Å². The third kappa shape index (κ3) is 3.86. The normalized spacial score (nSPS) is 28.7. The number of thiophene rings is 1. The Hall–Kier alpha value is -1.27. The highest BCUT2D eigenvalue weighted by molar-refractivity contribution is 7.09. The summed E-state index contributed by atoms with van der Waals surface area (Å²) in [6.45, 7) is 4.04. The lowest BCUT2D eigenvalue weighted by Crippen LogP contribution is -2.49. The maximum atomic E-state index is 13.5. The van der Waals surface area contributed by atoms with E-state index in [1.807, 2.05) is 12.1 Å². The summed E-state index contributed by atoms with van der Waals surface area (Å²) in [5.41, 5.74) is 1.08. The number of hydrogen-bond acceptors (Lipinski definition) is 4. The van der Waals surface area contributed by atoms with Crippen molar-refractivity contribution in [3.63, 3.8) is 0 Å². The van der Waals surface area contributed by atoms with Gasteiger partial charge in [-0.25, -0.2) is 4.39 Å². The fourth-order valence-corrected chi connectivity index (χ4v) is 5.10. The fourth-order valence-electron chi connectivity index (χ4n) is 4.42. The van der Waals surface area contributed by atoms with E-state index in [1.165, 1.54) is 10.4 Å². The lowest BCUT2D eigenvalue weighted by Gasteiger charge is -2.46. The van der Waals surface area contributed by atoms with E-state index in [0.717, 1.165) is 52.0 Å². The Balaban J connectivity index is 1.50. The van der Waals surface area contributed by atoms with Gasteiger partial charge >= 0.3 is 0 Å². The Morgan fingerprint density at radius 2 is 2.00 bits per heavy atom. The summed E-state index contributed by atoms with van der Waals surface area (Å²) >= 11 is 1.78. The monoisotopic (exact) mass is 375 g/mol. The lowest BCUT2D eigenvalue weighted by molar-refractivity contribution is -0.108. The molecule has 0 aliphatic carbocycles. The summed E-state index contributed by atoms with van der Waals surface area (Å²) in [5, 5.41) is 5.69. The summed E-state index contributed by atoms with van der Waals surface area (Å²) < 4.78 is 25.3. The molecule has 0 bridgehead atoms. The first kappa shape index (κ1) is 18.1. The molecule has 4 rings (SSSR count). The molecule has 0 saturated carbocycles. The minimum Gasteiger partial charge on any atom is -0.378 e. The van der Waals surface area contributed by atoms with Gasteiger partial charge in [0, 0.05) is 36.5 Å². The minimum absolute atomic E-state index is 0.0160. The van der Waals surface area contributed by atoms with Gasteiger partial charge in [-0.3, -0.25) is 0 Å². The van der Waals surface area contributed by atoms with E-state index >= 15 is 0 Å². The molecule has 140 valence electrons. The Labute approximate surface area is 158 Å². The summed E-state index contributed by atoms with van der Waals surface area (Å²) in [6, 6.07) is 11.3. The molecular weight excluding hydrogens is 349 g/mol. The van der Waals surface area contributed by atoms with Crippen molar-refractivity contribution in [3.8, 4) is 0 Å². The molecule has 2 aliphatic heterocycles. The highest BCUT2D eigenvalue weighted by Crippen LogP contribution is 2.46. The predicted octanol–water partition coefficient (Wildman–Crippen LogP) is 4.27. The summed E-state index contributed by atoms with van der Waals surface area (Å²) in [5.74, 6) is -0.175. The van der Waals surface area contributed by atoms with Crippen LogP contribution in [0.4, 0.5) is 4.39 Å².